The van der Waals surface area contributed by atoms with Gasteiger partial charge in [-0.25, -0.2) is 4.99 Å². The monoisotopic (exact) mass is 446 g/mol. The first kappa shape index (κ1) is 22.7. The second kappa shape index (κ2) is 10.5. The van der Waals surface area contributed by atoms with E-state index in [0.717, 1.165) is 6.54 Å². The Bertz CT molecular complexity index is 565. The van der Waals surface area contributed by atoms with Gasteiger partial charge in [0.15, 0.2) is 5.96 Å². The van der Waals surface area contributed by atoms with Crippen LogP contribution in [0.5, 0.6) is 0 Å². The van der Waals surface area contributed by atoms with Crippen LogP contribution in [0, 0.1) is 13.8 Å². The molecule has 136 valence electrons. The van der Waals surface area contributed by atoms with Crippen molar-refractivity contribution in [1.82, 2.24) is 16.0 Å². The van der Waals surface area contributed by atoms with E-state index in [0.29, 0.717) is 12.5 Å². The molecule has 0 fully saturated rings. The van der Waals surface area contributed by atoms with E-state index in [1.165, 1.54) is 16.7 Å². The van der Waals surface area contributed by atoms with E-state index >= 15 is 0 Å². The highest BCUT2D eigenvalue weighted by Gasteiger charge is 2.13. The molecule has 1 aromatic rings. The lowest BCUT2D eigenvalue weighted by atomic mass is 10.1. The van der Waals surface area contributed by atoms with E-state index in [1.807, 2.05) is 27.7 Å². The van der Waals surface area contributed by atoms with Gasteiger partial charge in [-0.3, -0.25) is 4.79 Å². The third-order valence-corrected chi connectivity index (χ3v) is 3.18. The Balaban J connectivity index is 0.00000529. The van der Waals surface area contributed by atoms with Crippen LogP contribution in [-0.4, -0.2) is 30.5 Å². The number of aliphatic imine (C=N–C) groups is 1. The fourth-order valence-corrected chi connectivity index (χ4v) is 2.16. The number of guanidine groups is 1. The van der Waals surface area contributed by atoms with Crippen LogP contribution >= 0.6 is 24.0 Å². The molecule has 1 aromatic carbocycles. The average molecular weight is 446 g/mol. The predicted molar refractivity (Wildman–Crippen MR) is 112 cm³/mol. The number of amides is 1. The van der Waals surface area contributed by atoms with Gasteiger partial charge < -0.3 is 16.0 Å². The molecule has 0 aromatic heterocycles. The summed E-state index contributed by atoms with van der Waals surface area (Å²) in [6.07, 6.45) is 0. The molecule has 1 rings (SSSR count). The number of nitrogens with one attached hydrogen (secondary N) is 3. The van der Waals surface area contributed by atoms with Gasteiger partial charge in [-0.05, 0) is 52.7 Å². The van der Waals surface area contributed by atoms with Gasteiger partial charge in [-0.1, -0.05) is 23.8 Å². The Hall–Kier alpha value is -1.31. The Kier molecular flexibility index (Phi) is 9.96. The van der Waals surface area contributed by atoms with Gasteiger partial charge in [0.05, 0.1) is 13.1 Å². The molecule has 0 spiro atoms. The van der Waals surface area contributed by atoms with Gasteiger partial charge in [0.1, 0.15) is 0 Å². The van der Waals surface area contributed by atoms with E-state index in [4.69, 9.17) is 0 Å². The number of hydrogen-bond acceptors (Lipinski definition) is 2. The largest absolute Gasteiger partial charge is 0.357 e. The van der Waals surface area contributed by atoms with Crippen LogP contribution in [0.1, 0.15) is 44.4 Å². The Morgan fingerprint density at radius 1 is 1.17 bits per heavy atom. The zero-order valence-electron chi connectivity index (χ0n) is 15.6. The Labute approximate surface area is 163 Å². The molecule has 0 aliphatic carbocycles. The number of benzene rings is 1. The number of halogens is 1. The van der Waals surface area contributed by atoms with Crippen LogP contribution in [0.2, 0.25) is 0 Å². The third-order valence-electron chi connectivity index (χ3n) is 3.18. The predicted octanol–water partition coefficient (Wildman–Crippen LogP) is 2.89. The first-order chi connectivity index (χ1) is 10.7. The number of hydrogen-bond donors (Lipinski definition) is 3. The topological polar surface area (TPSA) is 65.5 Å². The zero-order valence-corrected chi connectivity index (χ0v) is 17.9. The molecule has 0 saturated heterocycles. The standard InChI is InChI=1S/C18H30N4O.HI/c1-7-19-17(21-12-16(23)22-18(4,5)6)20-11-15-9-8-13(2)10-14(15)3;/h8-10H,7,11-12H2,1-6H3,(H,22,23)(H2,19,20,21);1H. The highest BCUT2D eigenvalue weighted by Crippen LogP contribution is 2.11. The molecule has 0 heterocycles. The Morgan fingerprint density at radius 3 is 2.38 bits per heavy atom. The van der Waals surface area contributed by atoms with E-state index in [-0.39, 0.29) is 42.0 Å². The van der Waals surface area contributed by atoms with Gasteiger partial charge in [-0.2, -0.15) is 0 Å². The number of rotatable bonds is 5. The molecule has 0 unspecified atom stereocenters. The normalized spacial score (nSPS) is 11.5. The van der Waals surface area contributed by atoms with Gasteiger partial charge in [0.2, 0.25) is 5.91 Å². The maximum Gasteiger partial charge on any atom is 0.239 e. The van der Waals surface area contributed by atoms with Crippen LogP contribution in [-0.2, 0) is 11.3 Å². The van der Waals surface area contributed by atoms with Gasteiger partial charge in [0.25, 0.3) is 0 Å². The van der Waals surface area contributed by atoms with Crippen molar-refractivity contribution in [2.24, 2.45) is 4.99 Å². The number of nitrogens with zero attached hydrogens (tertiary/aromatic N) is 1. The quantitative estimate of drug-likeness (QED) is 0.370. The summed E-state index contributed by atoms with van der Waals surface area (Å²) < 4.78 is 0. The van der Waals surface area contributed by atoms with E-state index < -0.39 is 0 Å². The first-order valence-electron chi connectivity index (χ1n) is 8.10. The fraction of sp³-hybridized carbons (Fsp3) is 0.556. The van der Waals surface area contributed by atoms with Gasteiger partial charge >= 0.3 is 0 Å². The van der Waals surface area contributed by atoms with Crippen molar-refractivity contribution in [1.29, 1.82) is 0 Å². The molecule has 3 N–H and O–H groups in total. The maximum absolute atomic E-state index is 11.9. The highest BCUT2D eigenvalue weighted by molar-refractivity contribution is 14.0. The van der Waals surface area contributed by atoms with Crippen LogP contribution in [0.25, 0.3) is 0 Å². The van der Waals surface area contributed by atoms with Crippen molar-refractivity contribution in [3.05, 3.63) is 34.9 Å². The van der Waals surface area contributed by atoms with Crippen LogP contribution < -0.4 is 16.0 Å². The number of carbonyl (C=O) groups is 1. The summed E-state index contributed by atoms with van der Waals surface area (Å²) in [6.45, 7) is 13.6. The molecule has 5 nitrogen and oxygen atoms in total. The van der Waals surface area contributed by atoms with E-state index in [2.05, 4.69) is 53.0 Å². The summed E-state index contributed by atoms with van der Waals surface area (Å²) in [5, 5.41) is 9.15. The summed E-state index contributed by atoms with van der Waals surface area (Å²) in [4.78, 5) is 16.4. The molecule has 0 aliphatic rings. The molecular weight excluding hydrogens is 415 g/mol. The number of aryl methyl sites for hydroxylation is 2. The second-order valence-corrected chi connectivity index (χ2v) is 6.78. The van der Waals surface area contributed by atoms with Crippen molar-refractivity contribution >= 4 is 35.8 Å². The molecule has 0 saturated carbocycles. The van der Waals surface area contributed by atoms with Crippen molar-refractivity contribution in [2.75, 3.05) is 13.1 Å². The van der Waals surface area contributed by atoms with Crippen LogP contribution in [0.4, 0.5) is 0 Å². The molecule has 6 heteroatoms. The van der Waals surface area contributed by atoms with Crippen molar-refractivity contribution in [2.45, 2.75) is 53.6 Å². The molecule has 1 amide bonds. The molecular formula is C18H31IN4O. The van der Waals surface area contributed by atoms with Crippen LogP contribution in [0.15, 0.2) is 23.2 Å². The highest BCUT2D eigenvalue weighted by atomic mass is 127. The Morgan fingerprint density at radius 2 is 1.83 bits per heavy atom. The summed E-state index contributed by atoms with van der Waals surface area (Å²) in [5.41, 5.74) is 3.44. The molecule has 0 atom stereocenters. The molecule has 0 aliphatic heterocycles. The minimum atomic E-state index is -0.229. The minimum absolute atomic E-state index is 0. The molecule has 0 bridgehead atoms. The lowest BCUT2D eigenvalue weighted by Crippen LogP contribution is -2.48. The van der Waals surface area contributed by atoms with Crippen LogP contribution in [0.3, 0.4) is 0 Å². The fourth-order valence-electron chi connectivity index (χ4n) is 2.16. The van der Waals surface area contributed by atoms with E-state index in [9.17, 15) is 4.79 Å². The second-order valence-electron chi connectivity index (χ2n) is 6.78. The maximum atomic E-state index is 11.9. The first-order valence-corrected chi connectivity index (χ1v) is 8.10. The SMILES string of the molecule is CCNC(=NCc1ccc(C)cc1C)NCC(=O)NC(C)(C)C.I. The summed E-state index contributed by atoms with van der Waals surface area (Å²) in [5.74, 6) is 0.603. The number of carbonyl (C=O) groups excluding carboxylic acids is 1. The minimum Gasteiger partial charge on any atom is -0.357 e. The lowest BCUT2D eigenvalue weighted by molar-refractivity contribution is -0.121. The summed E-state index contributed by atoms with van der Waals surface area (Å²) in [7, 11) is 0. The smallest absolute Gasteiger partial charge is 0.239 e. The zero-order chi connectivity index (χ0) is 17.5. The van der Waals surface area contributed by atoms with E-state index in [1.54, 1.807) is 0 Å². The van der Waals surface area contributed by atoms with Crippen molar-refractivity contribution in [3.8, 4) is 0 Å². The molecule has 24 heavy (non-hydrogen) atoms. The van der Waals surface area contributed by atoms with Gasteiger partial charge in [-0.15, -0.1) is 24.0 Å². The average Bonchev–Trinajstić information content (AvgIpc) is 2.41. The lowest BCUT2D eigenvalue weighted by Gasteiger charge is -2.21. The molecule has 0 radical (unpaired) electrons. The van der Waals surface area contributed by atoms with Crippen molar-refractivity contribution in [3.63, 3.8) is 0 Å². The summed E-state index contributed by atoms with van der Waals surface area (Å²) in [6, 6.07) is 6.35. The van der Waals surface area contributed by atoms with Gasteiger partial charge in [0, 0.05) is 12.1 Å². The summed E-state index contributed by atoms with van der Waals surface area (Å²) >= 11 is 0. The van der Waals surface area contributed by atoms with Crippen molar-refractivity contribution < 1.29 is 4.79 Å². The third kappa shape index (κ3) is 9.10.